The van der Waals surface area contributed by atoms with E-state index in [4.69, 9.17) is 10.5 Å². The third kappa shape index (κ3) is 3.81. The molecule has 0 aliphatic rings. The summed E-state index contributed by atoms with van der Waals surface area (Å²) in [5, 5.41) is 3.10. The van der Waals surface area contributed by atoms with Gasteiger partial charge in [-0.1, -0.05) is 20.3 Å². The molecule has 20 heavy (non-hydrogen) atoms. The zero-order valence-corrected chi connectivity index (χ0v) is 13.0. The first-order chi connectivity index (χ1) is 9.74. The standard InChI is InChI=1S/C16H22N2OS/c1-3-5-14(17)16-18-15(11-20-16)12-6-8-13(9-7-12)19-10-4-2/h6-9,11,14H,3-5,10,17H2,1-2H3. The highest BCUT2D eigenvalue weighted by Gasteiger charge is 2.11. The van der Waals surface area contributed by atoms with E-state index in [-0.39, 0.29) is 6.04 Å². The largest absolute Gasteiger partial charge is 0.494 e. The van der Waals surface area contributed by atoms with Gasteiger partial charge in [0, 0.05) is 10.9 Å². The highest BCUT2D eigenvalue weighted by molar-refractivity contribution is 7.10. The Labute approximate surface area is 124 Å². The van der Waals surface area contributed by atoms with Crippen LogP contribution in [-0.2, 0) is 0 Å². The fourth-order valence-electron chi connectivity index (χ4n) is 1.97. The number of benzene rings is 1. The molecule has 0 spiro atoms. The van der Waals surface area contributed by atoms with E-state index in [9.17, 15) is 0 Å². The van der Waals surface area contributed by atoms with Crippen LogP contribution in [0.3, 0.4) is 0 Å². The lowest BCUT2D eigenvalue weighted by Crippen LogP contribution is -2.09. The van der Waals surface area contributed by atoms with Gasteiger partial charge in [-0.25, -0.2) is 4.98 Å². The summed E-state index contributed by atoms with van der Waals surface area (Å²) in [5.74, 6) is 0.911. The smallest absolute Gasteiger partial charge is 0.119 e. The number of hydrogen-bond donors (Lipinski definition) is 1. The third-order valence-electron chi connectivity index (χ3n) is 3.06. The first kappa shape index (κ1) is 15.0. The first-order valence-corrected chi connectivity index (χ1v) is 8.06. The van der Waals surface area contributed by atoms with Crippen LogP contribution in [0, 0.1) is 0 Å². The fraction of sp³-hybridized carbons (Fsp3) is 0.438. The molecule has 0 bridgehead atoms. The number of rotatable bonds is 7. The van der Waals surface area contributed by atoms with E-state index in [1.807, 2.05) is 12.1 Å². The Kier molecular flexibility index (Phi) is 5.56. The molecule has 2 N–H and O–H groups in total. The monoisotopic (exact) mass is 290 g/mol. The van der Waals surface area contributed by atoms with Crippen molar-refractivity contribution in [3.63, 3.8) is 0 Å². The number of aromatic nitrogens is 1. The van der Waals surface area contributed by atoms with Gasteiger partial charge in [0.1, 0.15) is 10.8 Å². The normalized spacial score (nSPS) is 12.3. The minimum Gasteiger partial charge on any atom is -0.494 e. The Morgan fingerprint density at radius 1 is 1.20 bits per heavy atom. The molecule has 1 heterocycles. The Balaban J connectivity index is 2.07. The van der Waals surface area contributed by atoms with Crippen LogP contribution in [0.15, 0.2) is 29.6 Å². The summed E-state index contributed by atoms with van der Waals surface area (Å²) in [6.45, 7) is 5.00. The van der Waals surface area contributed by atoms with E-state index in [1.54, 1.807) is 11.3 Å². The van der Waals surface area contributed by atoms with Crippen molar-refractivity contribution in [2.45, 2.75) is 39.2 Å². The fourth-order valence-corrected chi connectivity index (χ4v) is 2.83. The van der Waals surface area contributed by atoms with Crippen LogP contribution in [0.5, 0.6) is 5.75 Å². The molecule has 0 fully saturated rings. The molecule has 0 aliphatic heterocycles. The van der Waals surface area contributed by atoms with Crippen molar-refractivity contribution >= 4 is 11.3 Å². The van der Waals surface area contributed by atoms with Gasteiger partial charge < -0.3 is 10.5 Å². The summed E-state index contributed by atoms with van der Waals surface area (Å²) in [5.41, 5.74) is 8.21. The second-order valence-electron chi connectivity index (χ2n) is 4.84. The Bertz CT molecular complexity index is 522. The van der Waals surface area contributed by atoms with Gasteiger partial charge in [0.2, 0.25) is 0 Å². The zero-order valence-electron chi connectivity index (χ0n) is 12.1. The van der Waals surface area contributed by atoms with Gasteiger partial charge in [-0.2, -0.15) is 0 Å². The van der Waals surface area contributed by atoms with Crippen LogP contribution >= 0.6 is 11.3 Å². The molecular weight excluding hydrogens is 268 g/mol. The molecule has 0 saturated carbocycles. The average molecular weight is 290 g/mol. The number of ether oxygens (including phenoxy) is 1. The van der Waals surface area contributed by atoms with Crippen molar-refractivity contribution in [1.82, 2.24) is 4.98 Å². The van der Waals surface area contributed by atoms with Crippen LogP contribution in [0.25, 0.3) is 11.3 Å². The quantitative estimate of drug-likeness (QED) is 0.822. The minimum absolute atomic E-state index is 0.0610. The van der Waals surface area contributed by atoms with Gasteiger partial charge in [0.05, 0.1) is 18.3 Å². The summed E-state index contributed by atoms with van der Waals surface area (Å²) >= 11 is 1.64. The lowest BCUT2D eigenvalue weighted by atomic mass is 10.1. The second kappa shape index (κ2) is 7.41. The number of thiazole rings is 1. The van der Waals surface area contributed by atoms with Crippen LogP contribution in [0.1, 0.15) is 44.2 Å². The number of hydrogen-bond acceptors (Lipinski definition) is 4. The molecule has 0 saturated heterocycles. The molecule has 4 heteroatoms. The van der Waals surface area contributed by atoms with E-state index in [2.05, 4.69) is 36.3 Å². The van der Waals surface area contributed by atoms with E-state index >= 15 is 0 Å². The Morgan fingerprint density at radius 3 is 2.60 bits per heavy atom. The molecule has 1 atom stereocenters. The van der Waals surface area contributed by atoms with Crippen LogP contribution < -0.4 is 10.5 Å². The number of nitrogens with two attached hydrogens (primary N) is 1. The molecule has 2 rings (SSSR count). The highest BCUT2D eigenvalue weighted by atomic mass is 32.1. The van der Waals surface area contributed by atoms with Crippen molar-refractivity contribution in [3.8, 4) is 17.0 Å². The Morgan fingerprint density at radius 2 is 1.95 bits per heavy atom. The SMILES string of the molecule is CCCOc1ccc(-c2csc(C(N)CCC)n2)cc1. The van der Waals surface area contributed by atoms with Crippen molar-refractivity contribution in [1.29, 1.82) is 0 Å². The maximum atomic E-state index is 6.10. The summed E-state index contributed by atoms with van der Waals surface area (Å²) < 4.78 is 5.58. The van der Waals surface area contributed by atoms with Crippen LogP contribution in [-0.4, -0.2) is 11.6 Å². The van der Waals surface area contributed by atoms with Gasteiger partial charge in [-0.15, -0.1) is 11.3 Å². The van der Waals surface area contributed by atoms with Gasteiger partial charge in [0.15, 0.2) is 0 Å². The first-order valence-electron chi connectivity index (χ1n) is 7.18. The average Bonchev–Trinajstić information content (AvgIpc) is 2.96. The molecular formula is C16H22N2OS. The van der Waals surface area contributed by atoms with Crippen molar-refractivity contribution in [2.24, 2.45) is 5.73 Å². The van der Waals surface area contributed by atoms with E-state index in [0.29, 0.717) is 0 Å². The lowest BCUT2D eigenvalue weighted by molar-refractivity contribution is 0.317. The topological polar surface area (TPSA) is 48.1 Å². The van der Waals surface area contributed by atoms with Gasteiger partial charge in [-0.3, -0.25) is 0 Å². The maximum absolute atomic E-state index is 6.10. The molecule has 1 aromatic carbocycles. The molecule has 1 unspecified atom stereocenters. The molecule has 0 amide bonds. The van der Waals surface area contributed by atoms with Crippen LogP contribution in [0.2, 0.25) is 0 Å². The summed E-state index contributed by atoms with van der Waals surface area (Å²) in [4.78, 5) is 4.64. The van der Waals surface area contributed by atoms with Gasteiger partial charge in [-0.05, 0) is 37.1 Å². The summed E-state index contributed by atoms with van der Waals surface area (Å²) in [6, 6.07) is 8.15. The van der Waals surface area contributed by atoms with Crippen LogP contribution in [0.4, 0.5) is 0 Å². The predicted octanol–water partition coefficient (Wildman–Crippen LogP) is 4.40. The van der Waals surface area contributed by atoms with Crippen molar-refractivity contribution < 1.29 is 4.74 Å². The number of nitrogens with zero attached hydrogens (tertiary/aromatic N) is 1. The lowest BCUT2D eigenvalue weighted by Gasteiger charge is -2.06. The molecule has 108 valence electrons. The molecule has 0 aliphatic carbocycles. The van der Waals surface area contributed by atoms with Crippen molar-refractivity contribution in [2.75, 3.05) is 6.61 Å². The molecule has 3 nitrogen and oxygen atoms in total. The minimum atomic E-state index is 0.0610. The van der Waals surface area contributed by atoms with Gasteiger partial charge in [0.25, 0.3) is 0 Å². The maximum Gasteiger partial charge on any atom is 0.119 e. The van der Waals surface area contributed by atoms with Gasteiger partial charge >= 0.3 is 0 Å². The molecule has 0 radical (unpaired) electrons. The predicted molar refractivity (Wildman–Crippen MR) is 85.2 cm³/mol. The third-order valence-corrected chi connectivity index (χ3v) is 4.04. The molecule has 1 aromatic heterocycles. The molecule has 2 aromatic rings. The highest BCUT2D eigenvalue weighted by Crippen LogP contribution is 2.27. The summed E-state index contributed by atoms with van der Waals surface area (Å²) in [7, 11) is 0. The van der Waals surface area contributed by atoms with E-state index in [0.717, 1.165) is 47.9 Å². The van der Waals surface area contributed by atoms with E-state index in [1.165, 1.54) is 0 Å². The second-order valence-corrected chi connectivity index (χ2v) is 5.73. The van der Waals surface area contributed by atoms with Crippen molar-refractivity contribution in [3.05, 3.63) is 34.7 Å². The summed E-state index contributed by atoms with van der Waals surface area (Å²) in [6.07, 6.45) is 3.09. The zero-order chi connectivity index (χ0) is 14.4. The van der Waals surface area contributed by atoms with E-state index < -0.39 is 0 Å². The Hall–Kier alpha value is -1.39.